The Balaban J connectivity index is 1.64. The van der Waals surface area contributed by atoms with Crippen LogP contribution in [-0.2, 0) is 4.74 Å². The summed E-state index contributed by atoms with van der Waals surface area (Å²) in [4.78, 5) is 24.5. The molecule has 8 heteroatoms. The van der Waals surface area contributed by atoms with Gasteiger partial charge in [0, 0.05) is 48.2 Å². The van der Waals surface area contributed by atoms with Gasteiger partial charge in [-0.1, -0.05) is 18.2 Å². The van der Waals surface area contributed by atoms with Crippen LogP contribution in [0.4, 0.5) is 11.9 Å². The molecule has 1 aliphatic rings. The van der Waals surface area contributed by atoms with Gasteiger partial charge in [0.05, 0.1) is 30.1 Å². The number of rotatable bonds is 3. The van der Waals surface area contributed by atoms with E-state index in [-0.39, 0.29) is 5.95 Å². The summed E-state index contributed by atoms with van der Waals surface area (Å²) in [5.74, 6) is 0.890. The number of nitrogens with two attached hydrogens (primary N) is 1. The Bertz CT molecular complexity index is 1160. The topological polar surface area (TPSA) is 103 Å². The van der Waals surface area contributed by atoms with Gasteiger partial charge in [0.2, 0.25) is 11.9 Å². The van der Waals surface area contributed by atoms with Gasteiger partial charge in [-0.3, -0.25) is 4.98 Å². The fourth-order valence-electron chi connectivity index (χ4n) is 3.32. The summed E-state index contributed by atoms with van der Waals surface area (Å²) in [5.41, 5.74) is 9.84. The second-order valence-electron chi connectivity index (χ2n) is 6.78. The van der Waals surface area contributed by atoms with Crippen LogP contribution in [0.3, 0.4) is 0 Å². The number of fused-ring (bicyclic) bond motifs is 1. The van der Waals surface area contributed by atoms with Crippen molar-refractivity contribution in [1.29, 1.82) is 0 Å². The first-order chi connectivity index (χ1) is 14.3. The van der Waals surface area contributed by atoms with Crippen molar-refractivity contribution in [2.24, 2.45) is 0 Å². The van der Waals surface area contributed by atoms with Crippen molar-refractivity contribution in [3.8, 4) is 22.5 Å². The lowest BCUT2D eigenvalue weighted by atomic mass is 10.1. The quantitative estimate of drug-likeness (QED) is 0.574. The van der Waals surface area contributed by atoms with E-state index in [1.807, 2.05) is 36.5 Å². The number of hydrogen-bond donors (Lipinski definition) is 1. The Labute approximate surface area is 167 Å². The molecule has 2 N–H and O–H groups in total. The van der Waals surface area contributed by atoms with Crippen LogP contribution < -0.4 is 10.6 Å². The predicted octanol–water partition coefficient (Wildman–Crippen LogP) is 2.57. The number of pyridine rings is 1. The normalized spacial score (nSPS) is 14.3. The smallest absolute Gasteiger partial charge is 0.226 e. The lowest BCUT2D eigenvalue weighted by Crippen LogP contribution is -2.37. The van der Waals surface area contributed by atoms with Crippen LogP contribution in [-0.4, -0.2) is 51.2 Å². The van der Waals surface area contributed by atoms with Crippen molar-refractivity contribution in [2.45, 2.75) is 0 Å². The molecule has 1 aliphatic heterocycles. The molecule has 8 nitrogen and oxygen atoms in total. The molecule has 0 saturated carbocycles. The number of ether oxygens (including phenoxy) is 1. The van der Waals surface area contributed by atoms with Crippen LogP contribution >= 0.6 is 0 Å². The Hall–Kier alpha value is -3.65. The SMILES string of the molecule is Nc1ncc(-c2cc(-c3cnc4ccccc4c3)nc(N3CCOCC3)n2)cn1. The van der Waals surface area contributed by atoms with Crippen LogP contribution in [0.15, 0.2) is 55.0 Å². The number of nitrogen functional groups attached to an aromatic ring is 1. The fourth-order valence-corrected chi connectivity index (χ4v) is 3.32. The minimum absolute atomic E-state index is 0.232. The highest BCUT2D eigenvalue weighted by Gasteiger charge is 2.17. The zero-order valence-corrected chi connectivity index (χ0v) is 15.7. The first-order valence-corrected chi connectivity index (χ1v) is 9.41. The maximum atomic E-state index is 5.64. The molecule has 3 aromatic heterocycles. The van der Waals surface area contributed by atoms with Crippen LogP contribution in [0.5, 0.6) is 0 Å². The molecule has 1 aromatic carbocycles. The zero-order chi connectivity index (χ0) is 19.6. The van der Waals surface area contributed by atoms with Crippen molar-refractivity contribution in [1.82, 2.24) is 24.9 Å². The van der Waals surface area contributed by atoms with Gasteiger partial charge in [-0.05, 0) is 18.2 Å². The van der Waals surface area contributed by atoms with E-state index in [1.165, 1.54) is 0 Å². The van der Waals surface area contributed by atoms with E-state index < -0.39 is 0 Å². The third kappa shape index (κ3) is 3.57. The molecule has 0 aliphatic carbocycles. The summed E-state index contributed by atoms with van der Waals surface area (Å²) >= 11 is 0. The van der Waals surface area contributed by atoms with Gasteiger partial charge in [0.25, 0.3) is 0 Å². The Morgan fingerprint density at radius 1 is 0.828 bits per heavy atom. The zero-order valence-electron chi connectivity index (χ0n) is 15.7. The highest BCUT2D eigenvalue weighted by atomic mass is 16.5. The minimum atomic E-state index is 0.232. The van der Waals surface area contributed by atoms with Crippen molar-refractivity contribution in [2.75, 3.05) is 36.9 Å². The van der Waals surface area contributed by atoms with Crippen LogP contribution in [0.25, 0.3) is 33.4 Å². The lowest BCUT2D eigenvalue weighted by Gasteiger charge is -2.27. The van der Waals surface area contributed by atoms with Crippen molar-refractivity contribution >= 4 is 22.8 Å². The third-order valence-corrected chi connectivity index (χ3v) is 4.86. The van der Waals surface area contributed by atoms with Crippen LogP contribution in [0.2, 0.25) is 0 Å². The number of para-hydroxylation sites is 1. The third-order valence-electron chi connectivity index (χ3n) is 4.86. The molecule has 0 amide bonds. The molecule has 0 spiro atoms. The minimum Gasteiger partial charge on any atom is -0.378 e. The van der Waals surface area contributed by atoms with Gasteiger partial charge in [-0.15, -0.1) is 0 Å². The average molecular weight is 385 g/mol. The van der Waals surface area contributed by atoms with E-state index >= 15 is 0 Å². The predicted molar refractivity (Wildman–Crippen MR) is 111 cm³/mol. The molecule has 1 fully saturated rings. The highest BCUT2D eigenvalue weighted by Crippen LogP contribution is 2.27. The van der Waals surface area contributed by atoms with E-state index in [0.717, 1.165) is 46.5 Å². The highest BCUT2D eigenvalue weighted by molar-refractivity contribution is 5.83. The molecular formula is C21H19N7O. The monoisotopic (exact) mass is 385 g/mol. The van der Waals surface area contributed by atoms with Crippen LogP contribution in [0, 0.1) is 0 Å². The van der Waals surface area contributed by atoms with Gasteiger partial charge in [0.15, 0.2) is 0 Å². The van der Waals surface area contributed by atoms with E-state index in [1.54, 1.807) is 12.4 Å². The number of aromatic nitrogens is 5. The first-order valence-electron chi connectivity index (χ1n) is 9.41. The standard InChI is InChI=1S/C21H19N7O/c22-20-24-12-16(13-25-20)19-10-18(26-21(27-19)28-5-7-29-8-6-28)15-9-14-3-1-2-4-17(14)23-11-15/h1-4,9-13H,5-8H2,(H2,22,24,25). The molecule has 144 valence electrons. The first kappa shape index (κ1) is 17.4. The second-order valence-corrected chi connectivity index (χ2v) is 6.78. The van der Waals surface area contributed by atoms with E-state index in [4.69, 9.17) is 20.4 Å². The fraction of sp³-hybridized carbons (Fsp3) is 0.190. The number of nitrogens with zero attached hydrogens (tertiary/aromatic N) is 6. The molecular weight excluding hydrogens is 366 g/mol. The molecule has 4 heterocycles. The number of anilines is 2. The summed E-state index contributed by atoms with van der Waals surface area (Å²) < 4.78 is 5.47. The molecule has 0 radical (unpaired) electrons. The summed E-state index contributed by atoms with van der Waals surface area (Å²) in [5, 5.41) is 1.06. The van der Waals surface area contributed by atoms with Crippen molar-refractivity contribution in [3.63, 3.8) is 0 Å². The van der Waals surface area contributed by atoms with Gasteiger partial charge in [-0.2, -0.15) is 0 Å². The molecule has 29 heavy (non-hydrogen) atoms. The lowest BCUT2D eigenvalue weighted by molar-refractivity contribution is 0.122. The molecule has 4 aromatic rings. The van der Waals surface area contributed by atoms with E-state index in [2.05, 4.69) is 25.9 Å². The van der Waals surface area contributed by atoms with Crippen LogP contribution in [0.1, 0.15) is 0 Å². The number of morpholine rings is 1. The Kier molecular flexibility index (Phi) is 4.45. The molecule has 0 unspecified atom stereocenters. The summed E-state index contributed by atoms with van der Waals surface area (Å²) in [7, 11) is 0. The van der Waals surface area contributed by atoms with Gasteiger partial charge >= 0.3 is 0 Å². The second kappa shape index (κ2) is 7.40. The van der Waals surface area contributed by atoms with E-state index in [0.29, 0.717) is 19.2 Å². The molecule has 1 saturated heterocycles. The summed E-state index contributed by atoms with van der Waals surface area (Å²) in [6.07, 6.45) is 5.20. The number of benzene rings is 1. The molecule has 0 atom stereocenters. The Morgan fingerprint density at radius 2 is 1.52 bits per heavy atom. The summed E-state index contributed by atoms with van der Waals surface area (Å²) in [6, 6.07) is 12.1. The molecule has 5 rings (SSSR count). The Morgan fingerprint density at radius 3 is 2.31 bits per heavy atom. The largest absolute Gasteiger partial charge is 0.378 e. The van der Waals surface area contributed by atoms with Crippen molar-refractivity contribution in [3.05, 3.63) is 55.0 Å². The van der Waals surface area contributed by atoms with Crippen molar-refractivity contribution < 1.29 is 4.74 Å². The van der Waals surface area contributed by atoms with Gasteiger partial charge < -0.3 is 15.4 Å². The maximum absolute atomic E-state index is 5.64. The maximum Gasteiger partial charge on any atom is 0.226 e. The number of hydrogen-bond acceptors (Lipinski definition) is 8. The van der Waals surface area contributed by atoms with Gasteiger partial charge in [-0.25, -0.2) is 19.9 Å². The van der Waals surface area contributed by atoms with Gasteiger partial charge in [0.1, 0.15) is 0 Å². The molecule has 0 bridgehead atoms. The summed E-state index contributed by atoms with van der Waals surface area (Å²) in [6.45, 7) is 2.81. The average Bonchev–Trinajstić information content (AvgIpc) is 2.79. The van der Waals surface area contributed by atoms with E-state index in [9.17, 15) is 0 Å².